The Labute approximate surface area is 131 Å². The minimum atomic E-state index is -0.310. The van der Waals surface area contributed by atoms with E-state index in [1.807, 2.05) is 0 Å². The smallest absolute Gasteiger partial charge is 0.274 e. The molecule has 1 saturated carbocycles. The van der Waals surface area contributed by atoms with Crippen molar-refractivity contribution in [1.29, 1.82) is 0 Å². The molecule has 1 N–H and O–H groups in total. The Morgan fingerprint density at radius 2 is 2.00 bits per heavy atom. The molecule has 0 aromatic carbocycles. The van der Waals surface area contributed by atoms with Gasteiger partial charge in [0.1, 0.15) is 5.69 Å². The molecule has 2 fully saturated rings. The normalized spacial score (nSPS) is 28.8. The summed E-state index contributed by atoms with van der Waals surface area (Å²) in [6, 6.07) is 0. The van der Waals surface area contributed by atoms with Crippen LogP contribution in [0.15, 0.2) is 6.20 Å². The fraction of sp³-hybridized carbons (Fsp3) is 0.538. The summed E-state index contributed by atoms with van der Waals surface area (Å²) in [5.41, 5.74) is 0.121. The summed E-state index contributed by atoms with van der Waals surface area (Å²) in [6.07, 6.45) is 2.80. The number of nitrogens with zero attached hydrogens (tertiary/aromatic N) is 2. The Kier molecular flexibility index (Phi) is 3.84. The average molecular weight is 336 g/mol. The molecule has 108 valence electrons. The summed E-state index contributed by atoms with van der Waals surface area (Å²) in [6.45, 7) is 1.18. The van der Waals surface area contributed by atoms with Crippen molar-refractivity contribution in [3.05, 3.63) is 27.0 Å². The van der Waals surface area contributed by atoms with Gasteiger partial charge in [-0.15, -0.1) is 0 Å². The van der Waals surface area contributed by atoms with Crippen LogP contribution in [-0.2, 0) is 0 Å². The number of carbonyl (C=O) groups is 1. The van der Waals surface area contributed by atoms with Crippen LogP contribution in [0, 0.1) is 11.8 Å². The van der Waals surface area contributed by atoms with Crippen molar-refractivity contribution in [2.45, 2.75) is 18.9 Å². The first-order chi connectivity index (χ1) is 9.49. The summed E-state index contributed by atoms with van der Waals surface area (Å²) in [4.78, 5) is 18.1. The minimum Gasteiger partial charge on any atom is -0.393 e. The van der Waals surface area contributed by atoms with E-state index >= 15 is 0 Å². The predicted molar refractivity (Wildman–Crippen MR) is 77.4 cm³/mol. The van der Waals surface area contributed by atoms with Crippen molar-refractivity contribution >= 4 is 40.7 Å². The summed E-state index contributed by atoms with van der Waals surface area (Å²) in [5.74, 6) is 0.283. The maximum absolute atomic E-state index is 12.5. The van der Waals surface area contributed by atoms with E-state index in [1.54, 1.807) is 4.90 Å². The van der Waals surface area contributed by atoms with Crippen molar-refractivity contribution in [1.82, 2.24) is 9.88 Å². The first kappa shape index (κ1) is 14.4. The number of aliphatic hydroxyl groups excluding tert-OH is 1. The third kappa shape index (κ3) is 2.29. The standard InChI is InChI=1S/C13H13Cl3N2O2/c14-8-3-17-12(11(16)10(8)15)13(20)18-4-6-1-2-9(19)7(6)5-18/h3,6-7,9,19H,1-2,4-5H2. The topological polar surface area (TPSA) is 53.4 Å². The highest BCUT2D eigenvalue weighted by atomic mass is 35.5. The molecule has 2 aliphatic rings. The Morgan fingerprint density at radius 1 is 1.25 bits per heavy atom. The van der Waals surface area contributed by atoms with E-state index in [1.165, 1.54) is 6.20 Å². The summed E-state index contributed by atoms with van der Waals surface area (Å²) < 4.78 is 0. The number of carbonyl (C=O) groups excluding carboxylic acids is 1. The lowest BCUT2D eigenvalue weighted by atomic mass is 10.00. The number of pyridine rings is 1. The highest BCUT2D eigenvalue weighted by molar-refractivity contribution is 6.48. The second-order valence-corrected chi connectivity index (χ2v) is 6.52. The van der Waals surface area contributed by atoms with Gasteiger partial charge < -0.3 is 10.0 Å². The zero-order valence-electron chi connectivity index (χ0n) is 10.5. The van der Waals surface area contributed by atoms with Gasteiger partial charge >= 0.3 is 0 Å². The van der Waals surface area contributed by atoms with Crippen LogP contribution in [-0.4, -0.2) is 40.1 Å². The SMILES string of the molecule is O=C(c1ncc(Cl)c(Cl)c1Cl)N1CC2CCC(O)C2C1. The van der Waals surface area contributed by atoms with E-state index in [4.69, 9.17) is 34.8 Å². The number of likely N-dealkylation sites (tertiary alicyclic amines) is 1. The molecule has 1 amide bonds. The predicted octanol–water partition coefficient (Wildman–Crippen LogP) is 2.88. The summed E-state index contributed by atoms with van der Waals surface area (Å²) in [5, 5.41) is 10.3. The summed E-state index contributed by atoms with van der Waals surface area (Å²) in [7, 11) is 0. The van der Waals surface area contributed by atoms with Crippen LogP contribution in [0.5, 0.6) is 0 Å². The van der Waals surface area contributed by atoms with Gasteiger partial charge in [0, 0.05) is 25.2 Å². The number of aliphatic hydroxyl groups is 1. The third-order valence-electron chi connectivity index (χ3n) is 4.23. The molecular weight excluding hydrogens is 323 g/mol. The maximum Gasteiger partial charge on any atom is 0.274 e. The second kappa shape index (κ2) is 5.34. The highest BCUT2D eigenvalue weighted by Crippen LogP contribution is 2.39. The molecule has 2 heterocycles. The van der Waals surface area contributed by atoms with Gasteiger partial charge in [0.25, 0.3) is 5.91 Å². The van der Waals surface area contributed by atoms with Gasteiger partial charge in [-0.3, -0.25) is 4.79 Å². The average Bonchev–Trinajstić information content (AvgIpc) is 2.98. The van der Waals surface area contributed by atoms with Gasteiger partial charge in [0.2, 0.25) is 0 Å². The maximum atomic E-state index is 12.5. The lowest BCUT2D eigenvalue weighted by molar-refractivity contribution is 0.0747. The third-order valence-corrected chi connectivity index (χ3v) is 5.47. The van der Waals surface area contributed by atoms with Gasteiger partial charge in [-0.25, -0.2) is 4.98 Å². The molecular formula is C13H13Cl3N2O2. The van der Waals surface area contributed by atoms with E-state index in [-0.39, 0.29) is 38.7 Å². The van der Waals surface area contributed by atoms with Crippen molar-refractivity contribution < 1.29 is 9.90 Å². The van der Waals surface area contributed by atoms with Crippen LogP contribution in [0.4, 0.5) is 0 Å². The number of aromatic nitrogens is 1. The lowest BCUT2D eigenvalue weighted by Gasteiger charge is -2.18. The van der Waals surface area contributed by atoms with Crippen LogP contribution in [0.1, 0.15) is 23.3 Å². The van der Waals surface area contributed by atoms with Crippen LogP contribution in [0.2, 0.25) is 15.1 Å². The Balaban J connectivity index is 1.83. The number of hydrogen-bond acceptors (Lipinski definition) is 3. The number of fused-ring (bicyclic) bond motifs is 1. The molecule has 1 aromatic rings. The molecule has 1 aliphatic carbocycles. The van der Waals surface area contributed by atoms with Crippen LogP contribution < -0.4 is 0 Å². The summed E-state index contributed by atoms with van der Waals surface area (Å²) >= 11 is 17.8. The fourth-order valence-electron chi connectivity index (χ4n) is 3.14. The first-order valence-corrected chi connectivity index (χ1v) is 7.59. The zero-order chi connectivity index (χ0) is 14.4. The van der Waals surface area contributed by atoms with Crippen LogP contribution in [0.25, 0.3) is 0 Å². The molecule has 3 unspecified atom stereocenters. The molecule has 3 atom stereocenters. The van der Waals surface area contributed by atoms with E-state index in [0.717, 1.165) is 12.8 Å². The molecule has 4 nitrogen and oxygen atoms in total. The van der Waals surface area contributed by atoms with Crippen LogP contribution >= 0.6 is 34.8 Å². The molecule has 0 bridgehead atoms. The first-order valence-electron chi connectivity index (χ1n) is 6.46. The van der Waals surface area contributed by atoms with Crippen LogP contribution in [0.3, 0.4) is 0 Å². The minimum absolute atomic E-state index is 0.0850. The van der Waals surface area contributed by atoms with E-state index in [0.29, 0.717) is 19.0 Å². The molecule has 1 saturated heterocycles. The van der Waals surface area contributed by atoms with Crippen molar-refractivity contribution in [2.24, 2.45) is 11.8 Å². The Morgan fingerprint density at radius 3 is 2.70 bits per heavy atom. The van der Waals surface area contributed by atoms with Crippen molar-refractivity contribution in [3.63, 3.8) is 0 Å². The van der Waals surface area contributed by atoms with E-state index in [2.05, 4.69) is 4.98 Å². The van der Waals surface area contributed by atoms with Gasteiger partial charge in [0.15, 0.2) is 0 Å². The molecule has 20 heavy (non-hydrogen) atoms. The van der Waals surface area contributed by atoms with E-state index in [9.17, 15) is 9.90 Å². The largest absolute Gasteiger partial charge is 0.393 e. The van der Waals surface area contributed by atoms with Gasteiger partial charge in [-0.05, 0) is 18.8 Å². The molecule has 1 aliphatic heterocycles. The molecule has 1 aromatic heterocycles. The second-order valence-electron chi connectivity index (χ2n) is 5.36. The van der Waals surface area contributed by atoms with Gasteiger partial charge in [0.05, 0.1) is 21.2 Å². The molecule has 0 spiro atoms. The monoisotopic (exact) mass is 334 g/mol. The zero-order valence-corrected chi connectivity index (χ0v) is 12.8. The van der Waals surface area contributed by atoms with Crippen molar-refractivity contribution in [2.75, 3.05) is 13.1 Å². The molecule has 3 rings (SSSR count). The van der Waals surface area contributed by atoms with Gasteiger partial charge in [-0.1, -0.05) is 34.8 Å². The Hall–Kier alpha value is -0.550. The number of amides is 1. The molecule has 7 heteroatoms. The number of halogens is 3. The lowest BCUT2D eigenvalue weighted by Crippen LogP contribution is -2.31. The quantitative estimate of drug-likeness (QED) is 0.858. The van der Waals surface area contributed by atoms with Crippen molar-refractivity contribution in [3.8, 4) is 0 Å². The molecule has 0 radical (unpaired) electrons. The highest BCUT2D eigenvalue weighted by Gasteiger charge is 2.43. The number of hydrogen-bond donors (Lipinski definition) is 1. The number of rotatable bonds is 1. The Bertz CT molecular complexity index is 567. The van der Waals surface area contributed by atoms with E-state index < -0.39 is 0 Å². The fourth-order valence-corrected chi connectivity index (χ4v) is 3.71. The van der Waals surface area contributed by atoms with Gasteiger partial charge in [-0.2, -0.15) is 0 Å².